The lowest BCUT2D eigenvalue weighted by Crippen LogP contribution is -2.03. The number of benzene rings is 1. The van der Waals surface area contributed by atoms with Gasteiger partial charge in [0.25, 0.3) is 0 Å². The summed E-state index contributed by atoms with van der Waals surface area (Å²) in [6.07, 6.45) is 1.28. The van der Waals surface area contributed by atoms with E-state index in [1.54, 1.807) is 22.7 Å². The number of hydrogen-bond acceptors (Lipinski definition) is 6. The molecule has 0 bridgehead atoms. The molecule has 0 N–H and O–H groups in total. The Morgan fingerprint density at radius 3 is 1.60 bits per heavy atom. The van der Waals surface area contributed by atoms with Crippen LogP contribution in [-0.2, 0) is 0 Å². The van der Waals surface area contributed by atoms with Gasteiger partial charge in [-0.1, -0.05) is 22.4 Å². The van der Waals surface area contributed by atoms with E-state index in [4.69, 9.17) is 20.5 Å². The van der Waals surface area contributed by atoms with Gasteiger partial charge in [-0.15, -0.1) is 22.7 Å². The van der Waals surface area contributed by atoms with Gasteiger partial charge >= 0.3 is 0 Å². The third-order valence-corrected chi connectivity index (χ3v) is 5.91. The second-order valence-corrected chi connectivity index (χ2v) is 8.01. The molecule has 3 rings (SSSR count). The van der Waals surface area contributed by atoms with Gasteiger partial charge in [0.1, 0.15) is 11.5 Å². The molecule has 0 aliphatic rings. The van der Waals surface area contributed by atoms with Crippen LogP contribution in [0.4, 0.5) is 0 Å². The first kappa shape index (κ1) is 21.5. The molecule has 0 amide bonds. The standard InChI is InChI=1S/C20H20N6O2S2/c21-25-23-7-3-9-27-17-14-16(20-6-2-12-30-20)18(28-10-4-8-24-26-22)13-15(17)19-5-1-11-29-19/h1-2,5-6,11-14H,3-4,7-10H2. The van der Waals surface area contributed by atoms with E-state index < -0.39 is 0 Å². The normalized spacial score (nSPS) is 10.1. The Hall–Kier alpha value is -3.16. The van der Waals surface area contributed by atoms with E-state index in [0.717, 1.165) is 32.4 Å². The fraction of sp³-hybridized carbons (Fsp3) is 0.300. The molecule has 3 aromatic rings. The maximum Gasteiger partial charge on any atom is 0.128 e. The average molecular weight is 441 g/mol. The van der Waals surface area contributed by atoms with Crippen LogP contribution in [0, 0.1) is 0 Å². The quantitative estimate of drug-likeness (QED) is 0.127. The third-order valence-electron chi connectivity index (χ3n) is 4.10. The predicted octanol–water partition coefficient (Wildman–Crippen LogP) is 7.30. The number of azide groups is 2. The fourth-order valence-corrected chi connectivity index (χ4v) is 4.27. The van der Waals surface area contributed by atoms with E-state index in [1.807, 2.05) is 47.2 Å². The molecule has 2 heterocycles. The highest BCUT2D eigenvalue weighted by molar-refractivity contribution is 7.14. The largest absolute Gasteiger partial charge is 0.493 e. The van der Waals surface area contributed by atoms with Crippen LogP contribution < -0.4 is 9.47 Å². The molecule has 2 aromatic heterocycles. The summed E-state index contributed by atoms with van der Waals surface area (Å²) in [6, 6.07) is 12.1. The van der Waals surface area contributed by atoms with Crippen molar-refractivity contribution in [1.82, 2.24) is 0 Å². The molecular formula is C20H20N6O2S2. The molecule has 0 aliphatic carbocycles. The molecule has 0 saturated carbocycles. The second-order valence-electron chi connectivity index (χ2n) is 6.11. The minimum atomic E-state index is 0.398. The van der Waals surface area contributed by atoms with E-state index in [9.17, 15) is 0 Å². The van der Waals surface area contributed by atoms with E-state index in [2.05, 4.69) is 20.1 Å². The highest BCUT2D eigenvalue weighted by atomic mass is 32.1. The number of ether oxygens (including phenoxy) is 2. The minimum Gasteiger partial charge on any atom is -0.493 e. The highest BCUT2D eigenvalue weighted by Crippen LogP contribution is 2.43. The Balaban J connectivity index is 1.91. The van der Waals surface area contributed by atoms with Crippen LogP contribution in [-0.4, -0.2) is 26.3 Å². The zero-order valence-electron chi connectivity index (χ0n) is 16.2. The Morgan fingerprint density at radius 2 is 1.23 bits per heavy atom. The molecule has 0 atom stereocenters. The zero-order valence-corrected chi connectivity index (χ0v) is 17.8. The van der Waals surface area contributed by atoms with Crippen molar-refractivity contribution in [3.05, 3.63) is 68.0 Å². The molecular weight excluding hydrogens is 420 g/mol. The van der Waals surface area contributed by atoms with Gasteiger partial charge < -0.3 is 9.47 Å². The smallest absolute Gasteiger partial charge is 0.128 e. The first-order chi connectivity index (χ1) is 14.8. The van der Waals surface area contributed by atoms with Crippen molar-refractivity contribution in [2.75, 3.05) is 26.3 Å². The number of thiophene rings is 2. The summed E-state index contributed by atoms with van der Waals surface area (Å²) in [5, 5.41) is 11.2. The maximum atomic E-state index is 8.43. The summed E-state index contributed by atoms with van der Waals surface area (Å²) in [7, 11) is 0. The van der Waals surface area contributed by atoms with Gasteiger partial charge in [-0.05, 0) is 58.9 Å². The Morgan fingerprint density at radius 1 is 0.767 bits per heavy atom. The van der Waals surface area contributed by atoms with Crippen molar-refractivity contribution in [2.45, 2.75) is 12.8 Å². The van der Waals surface area contributed by atoms with Gasteiger partial charge in [0.15, 0.2) is 0 Å². The summed E-state index contributed by atoms with van der Waals surface area (Å²) in [5.74, 6) is 1.53. The molecule has 10 heteroatoms. The molecule has 30 heavy (non-hydrogen) atoms. The number of hydrogen-bond donors (Lipinski definition) is 0. The Kier molecular flexibility index (Phi) is 8.44. The lowest BCUT2D eigenvalue weighted by Gasteiger charge is -2.17. The summed E-state index contributed by atoms with van der Waals surface area (Å²) >= 11 is 3.26. The summed E-state index contributed by atoms with van der Waals surface area (Å²) in [5.41, 5.74) is 18.8. The molecule has 0 unspecified atom stereocenters. The third kappa shape index (κ3) is 5.92. The van der Waals surface area contributed by atoms with Gasteiger partial charge in [-0.3, -0.25) is 0 Å². The van der Waals surface area contributed by atoms with Crippen LogP contribution in [0.2, 0.25) is 0 Å². The lowest BCUT2D eigenvalue weighted by molar-refractivity contribution is 0.307. The summed E-state index contributed by atoms with van der Waals surface area (Å²) in [4.78, 5) is 7.71. The van der Waals surface area contributed by atoms with Crippen molar-refractivity contribution >= 4 is 22.7 Å². The van der Waals surface area contributed by atoms with Crippen LogP contribution >= 0.6 is 22.7 Å². The summed E-state index contributed by atoms with van der Waals surface area (Å²) in [6.45, 7) is 1.70. The Labute approximate surface area is 182 Å². The van der Waals surface area contributed by atoms with Gasteiger partial charge in [0.05, 0.1) is 13.2 Å². The van der Waals surface area contributed by atoms with Crippen LogP contribution in [0.25, 0.3) is 41.8 Å². The first-order valence-electron chi connectivity index (χ1n) is 9.36. The van der Waals surface area contributed by atoms with Gasteiger partial charge in [-0.2, -0.15) is 0 Å². The molecule has 0 spiro atoms. The van der Waals surface area contributed by atoms with Crippen LogP contribution in [0.3, 0.4) is 0 Å². The molecule has 8 nitrogen and oxygen atoms in total. The first-order valence-corrected chi connectivity index (χ1v) is 11.1. The highest BCUT2D eigenvalue weighted by Gasteiger charge is 2.16. The number of nitrogens with zero attached hydrogens (tertiary/aromatic N) is 6. The van der Waals surface area contributed by atoms with Gasteiger partial charge in [0.2, 0.25) is 0 Å². The van der Waals surface area contributed by atoms with Crippen LogP contribution in [0.5, 0.6) is 11.5 Å². The molecule has 154 valence electrons. The molecule has 0 fully saturated rings. The van der Waals surface area contributed by atoms with E-state index in [-0.39, 0.29) is 0 Å². The van der Waals surface area contributed by atoms with Crippen molar-refractivity contribution in [2.24, 2.45) is 10.2 Å². The second kappa shape index (κ2) is 11.7. The summed E-state index contributed by atoms with van der Waals surface area (Å²) < 4.78 is 12.2. The molecule has 1 aromatic carbocycles. The monoisotopic (exact) mass is 440 g/mol. The maximum absolute atomic E-state index is 8.43. The fourth-order valence-electron chi connectivity index (χ4n) is 2.77. The van der Waals surface area contributed by atoms with Crippen molar-refractivity contribution in [3.63, 3.8) is 0 Å². The molecule has 0 radical (unpaired) electrons. The lowest BCUT2D eigenvalue weighted by atomic mass is 10.1. The van der Waals surface area contributed by atoms with Crippen LogP contribution in [0.15, 0.2) is 57.4 Å². The van der Waals surface area contributed by atoms with Crippen molar-refractivity contribution in [1.29, 1.82) is 0 Å². The average Bonchev–Trinajstić information content (AvgIpc) is 3.48. The zero-order chi connectivity index (χ0) is 21.0. The van der Waals surface area contributed by atoms with Crippen LogP contribution in [0.1, 0.15) is 12.8 Å². The molecule has 0 aliphatic heterocycles. The van der Waals surface area contributed by atoms with Crippen molar-refractivity contribution in [3.8, 4) is 32.4 Å². The number of rotatable bonds is 12. The van der Waals surface area contributed by atoms with Crippen molar-refractivity contribution < 1.29 is 9.47 Å². The topological polar surface area (TPSA) is 116 Å². The van der Waals surface area contributed by atoms with E-state index >= 15 is 0 Å². The Bertz CT molecular complexity index is 940. The van der Waals surface area contributed by atoms with E-state index in [1.165, 1.54) is 0 Å². The van der Waals surface area contributed by atoms with E-state index in [0.29, 0.717) is 39.1 Å². The predicted molar refractivity (Wildman–Crippen MR) is 121 cm³/mol. The molecule has 0 saturated heterocycles. The van der Waals surface area contributed by atoms with Gasteiger partial charge in [0, 0.05) is 43.8 Å². The SMILES string of the molecule is [N-]=[N+]=NCCCOc1cc(-c2cccs2)c(OCCCN=[N+]=[N-])cc1-c1cccs1. The van der Waals surface area contributed by atoms with Gasteiger partial charge in [-0.25, -0.2) is 0 Å². The minimum absolute atomic E-state index is 0.398.